The number of nitrogens with zero attached hydrogens (tertiary/aromatic N) is 1. The third-order valence-electron chi connectivity index (χ3n) is 4.08. The van der Waals surface area contributed by atoms with Crippen LogP contribution in [0.3, 0.4) is 0 Å². The highest BCUT2D eigenvalue weighted by molar-refractivity contribution is 8.00. The molecule has 1 fully saturated rings. The van der Waals surface area contributed by atoms with Gasteiger partial charge < -0.3 is 16.3 Å². The molecule has 0 aromatic carbocycles. The molecule has 1 aliphatic rings. The fourth-order valence-corrected chi connectivity index (χ4v) is 2.89. The number of nitrogens with two attached hydrogens (primary N) is 1. The van der Waals surface area contributed by atoms with Gasteiger partial charge in [-0.25, -0.2) is 0 Å². The first kappa shape index (κ1) is 15.1. The molecule has 18 heavy (non-hydrogen) atoms. The Kier molecular flexibility index (Phi) is 4.90. The van der Waals surface area contributed by atoms with Crippen LogP contribution in [0.15, 0.2) is 5.16 Å². The van der Waals surface area contributed by atoms with Gasteiger partial charge in [0.2, 0.25) is 5.91 Å². The Morgan fingerprint density at radius 3 is 2.39 bits per heavy atom. The molecule has 1 amide bonds. The highest BCUT2D eigenvalue weighted by atomic mass is 32.2. The molecule has 104 valence electrons. The van der Waals surface area contributed by atoms with Gasteiger partial charge in [-0.2, -0.15) is 11.8 Å². The molecule has 6 heteroatoms. The van der Waals surface area contributed by atoms with Gasteiger partial charge in [0.05, 0.1) is 0 Å². The maximum Gasteiger partial charge on any atom is 0.234 e. The lowest BCUT2D eigenvalue weighted by atomic mass is 10.0. The van der Waals surface area contributed by atoms with Crippen LogP contribution in [0.25, 0.3) is 0 Å². The summed E-state index contributed by atoms with van der Waals surface area (Å²) in [6, 6.07) is 0. The molecule has 0 saturated heterocycles. The third kappa shape index (κ3) is 2.74. The molecular formula is C12H23N3O2S. The molecule has 0 aliphatic heterocycles. The Balaban J connectivity index is 2.62. The van der Waals surface area contributed by atoms with Crippen LogP contribution in [0.1, 0.15) is 39.5 Å². The normalized spacial score (nSPS) is 18.5. The summed E-state index contributed by atoms with van der Waals surface area (Å²) in [6.07, 6.45) is 5.40. The zero-order valence-electron chi connectivity index (χ0n) is 11.3. The van der Waals surface area contributed by atoms with Crippen LogP contribution in [-0.4, -0.2) is 34.5 Å². The third-order valence-corrected chi connectivity index (χ3v) is 5.66. The molecule has 0 spiro atoms. The van der Waals surface area contributed by atoms with Crippen LogP contribution in [0, 0.1) is 5.41 Å². The zero-order chi connectivity index (χ0) is 13.8. The van der Waals surface area contributed by atoms with Crippen LogP contribution in [-0.2, 0) is 4.79 Å². The number of nitrogens with one attached hydrogen (secondary N) is 1. The first-order valence-corrected chi connectivity index (χ1v) is 7.54. The number of hydrogen-bond acceptors (Lipinski definition) is 4. The van der Waals surface area contributed by atoms with Gasteiger partial charge in [0, 0.05) is 11.3 Å². The summed E-state index contributed by atoms with van der Waals surface area (Å²) >= 11 is 1.78. The first-order valence-electron chi connectivity index (χ1n) is 6.31. The number of carbonyl (C=O) groups is 1. The van der Waals surface area contributed by atoms with Crippen LogP contribution >= 0.6 is 11.8 Å². The van der Waals surface area contributed by atoms with Gasteiger partial charge in [-0.05, 0) is 31.9 Å². The summed E-state index contributed by atoms with van der Waals surface area (Å²) in [5.41, 5.74) is 4.84. The number of oxime groups is 1. The first-order chi connectivity index (χ1) is 8.50. The van der Waals surface area contributed by atoms with Gasteiger partial charge >= 0.3 is 0 Å². The van der Waals surface area contributed by atoms with E-state index in [4.69, 9.17) is 10.9 Å². The van der Waals surface area contributed by atoms with E-state index >= 15 is 0 Å². The lowest BCUT2D eigenvalue weighted by Gasteiger charge is -2.30. The Morgan fingerprint density at radius 2 is 2.06 bits per heavy atom. The predicted molar refractivity (Wildman–Crippen MR) is 74.9 cm³/mol. The summed E-state index contributed by atoms with van der Waals surface area (Å²) in [7, 11) is 0. The number of thioether (sulfide) groups is 1. The van der Waals surface area contributed by atoms with Crippen LogP contribution in [0.4, 0.5) is 0 Å². The molecule has 0 radical (unpaired) electrons. The molecule has 0 atom stereocenters. The van der Waals surface area contributed by atoms with E-state index in [1.54, 1.807) is 11.8 Å². The minimum Gasteiger partial charge on any atom is -0.409 e. The maximum absolute atomic E-state index is 12.1. The molecule has 0 bridgehead atoms. The zero-order valence-corrected chi connectivity index (χ0v) is 12.1. The average molecular weight is 273 g/mol. The summed E-state index contributed by atoms with van der Waals surface area (Å²) < 4.78 is 0.0802. The molecule has 1 rings (SSSR count). The van der Waals surface area contributed by atoms with Crippen LogP contribution < -0.4 is 11.1 Å². The van der Waals surface area contributed by atoms with E-state index in [1.165, 1.54) is 0 Å². The molecule has 4 N–H and O–H groups in total. The van der Waals surface area contributed by atoms with Gasteiger partial charge in [0.1, 0.15) is 5.41 Å². The van der Waals surface area contributed by atoms with Crippen molar-refractivity contribution in [3.05, 3.63) is 0 Å². The molecular weight excluding hydrogens is 250 g/mol. The SMILES string of the molecule is CCC(CC)(CNC(=O)C1(C(N)=NO)CC1)SC. The van der Waals surface area contributed by atoms with Crippen molar-refractivity contribution < 1.29 is 10.0 Å². The standard InChI is InChI=1S/C12H23N3O2S/c1-4-11(5-2,18-3)8-14-10(16)12(6-7-12)9(13)15-17/h17H,4-8H2,1-3H3,(H2,13,15)(H,14,16). The summed E-state index contributed by atoms with van der Waals surface area (Å²) in [6.45, 7) is 4.88. The van der Waals surface area contributed by atoms with Gasteiger partial charge in [-0.1, -0.05) is 19.0 Å². The van der Waals surface area contributed by atoms with E-state index < -0.39 is 5.41 Å². The summed E-state index contributed by atoms with van der Waals surface area (Å²) in [5.74, 6) is -0.0825. The van der Waals surface area contributed by atoms with E-state index in [-0.39, 0.29) is 16.5 Å². The summed E-state index contributed by atoms with van der Waals surface area (Å²) in [4.78, 5) is 12.1. The minimum atomic E-state index is -0.750. The van der Waals surface area contributed by atoms with Crippen molar-refractivity contribution in [1.82, 2.24) is 5.32 Å². The highest BCUT2D eigenvalue weighted by Gasteiger charge is 2.54. The minimum absolute atomic E-state index is 0.0303. The second kappa shape index (κ2) is 5.82. The number of amides is 1. The lowest BCUT2D eigenvalue weighted by molar-refractivity contribution is -0.124. The van der Waals surface area contributed by atoms with Gasteiger partial charge in [-0.15, -0.1) is 0 Å². The molecule has 0 heterocycles. The molecule has 0 aromatic heterocycles. The van der Waals surface area contributed by atoms with Crippen molar-refractivity contribution >= 4 is 23.5 Å². The van der Waals surface area contributed by atoms with E-state index in [0.29, 0.717) is 19.4 Å². The second-order valence-electron chi connectivity index (χ2n) is 4.84. The Morgan fingerprint density at radius 1 is 1.50 bits per heavy atom. The van der Waals surface area contributed by atoms with Gasteiger partial charge in [0.25, 0.3) is 0 Å². The quantitative estimate of drug-likeness (QED) is 0.284. The molecule has 5 nitrogen and oxygen atoms in total. The fourth-order valence-electron chi connectivity index (χ4n) is 2.09. The van der Waals surface area contributed by atoms with Crippen molar-refractivity contribution in [2.24, 2.45) is 16.3 Å². The van der Waals surface area contributed by atoms with E-state index in [0.717, 1.165) is 12.8 Å². The largest absolute Gasteiger partial charge is 0.409 e. The number of carbonyl (C=O) groups excluding carboxylic acids is 1. The van der Waals surface area contributed by atoms with Crippen LogP contribution in [0.2, 0.25) is 0 Å². The molecule has 1 aliphatic carbocycles. The molecule has 0 aromatic rings. The number of amidine groups is 1. The van der Waals surface area contributed by atoms with Gasteiger partial charge in [-0.3, -0.25) is 4.79 Å². The Bertz CT molecular complexity index is 328. The summed E-state index contributed by atoms with van der Waals surface area (Å²) in [5, 5.41) is 14.6. The number of rotatable bonds is 7. The smallest absolute Gasteiger partial charge is 0.234 e. The lowest BCUT2D eigenvalue weighted by Crippen LogP contribution is -2.46. The van der Waals surface area contributed by atoms with E-state index in [1.807, 2.05) is 0 Å². The highest BCUT2D eigenvalue weighted by Crippen LogP contribution is 2.46. The van der Waals surface area contributed by atoms with E-state index in [2.05, 4.69) is 30.6 Å². The molecule has 0 unspecified atom stereocenters. The maximum atomic E-state index is 12.1. The van der Waals surface area contributed by atoms with Crippen molar-refractivity contribution in [3.8, 4) is 0 Å². The van der Waals surface area contributed by atoms with Crippen molar-refractivity contribution in [1.29, 1.82) is 0 Å². The Labute approximate surface area is 113 Å². The molecule has 1 saturated carbocycles. The predicted octanol–water partition coefficient (Wildman–Crippen LogP) is 1.55. The monoisotopic (exact) mass is 273 g/mol. The fraction of sp³-hybridized carbons (Fsp3) is 0.833. The van der Waals surface area contributed by atoms with Crippen molar-refractivity contribution in [2.75, 3.05) is 12.8 Å². The van der Waals surface area contributed by atoms with Crippen molar-refractivity contribution in [3.63, 3.8) is 0 Å². The number of hydrogen-bond donors (Lipinski definition) is 3. The topological polar surface area (TPSA) is 87.7 Å². The average Bonchev–Trinajstić information content (AvgIpc) is 3.21. The van der Waals surface area contributed by atoms with Crippen molar-refractivity contribution in [2.45, 2.75) is 44.3 Å². The second-order valence-corrected chi connectivity index (χ2v) is 6.12. The Hall–Kier alpha value is -0.910. The van der Waals surface area contributed by atoms with E-state index in [9.17, 15) is 4.79 Å². The van der Waals surface area contributed by atoms with Crippen LogP contribution in [0.5, 0.6) is 0 Å². The van der Waals surface area contributed by atoms with Gasteiger partial charge in [0.15, 0.2) is 5.84 Å².